The number of nitrogens with two attached hydrogens (primary N) is 1. The molecule has 0 aliphatic rings. The Morgan fingerprint density at radius 1 is 1.11 bits per heavy atom. The highest BCUT2D eigenvalue weighted by atomic mass is 79.9. The predicted octanol–water partition coefficient (Wildman–Crippen LogP) is 4.08. The Bertz CT molecular complexity index is 584. The fraction of sp³-hybridized carbons (Fsp3) is 0.143. The van der Waals surface area contributed by atoms with Crippen LogP contribution in [0.4, 0.5) is 8.78 Å². The fourth-order valence-electron chi connectivity index (χ4n) is 1.74. The zero-order chi connectivity index (χ0) is 13.3. The maximum atomic E-state index is 13.5. The number of benzene rings is 2. The van der Waals surface area contributed by atoms with Crippen LogP contribution in [0.15, 0.2) is 40.9 Å². The quantitative estimate of drug-likeness (QED) is 0.888. The Labute approximate surface area is 113 Å². The summed E-state index contributed by atoms with van der Waals surface area (Å²) in [5.41, 5.74) is 8.02. The smallest absolute Gasteiger partial charge is 0.126 e. The van der Waals surface area contributed by atoms with Crippen LogP contribution >= 0.6 is 15.9 Å². The first-order valence-corrected chi connectivity index (χ1v) is 6.25. The topological polar surface area (TPSA) is 26.0 Å². The molecule has 0 fully saturated rings. The van der Waals surface area contributed by atoms with Crippen LogP contribution in [-0.4, -0.2) is 0 Å². The molecule has 0 bridgehead atoms. The van der Waals surface area contributed by atoms with Crippen molar-refractivity contribution in [2.24, 2.45) is 5.73 Å². The van der Waals surface area contributed by atoms with E-state index in [1.54, 1.807) is 25.1 Å². The molecule has 0 spiro atoms. The molecule has 18 heavy (non-hydrogen) atoms. The summed E-state index contributed by atoms with van der Waals surface area (Å²) in [5, 5.41) is 0. The van der Waals surface area contributed by atoms with E-state index < -0.39 is 6.04 Å². The summed E-state index contributed by atoms with van der Waals surface area (Å²) in [6.07, 6.45) is 0. The van der Waals surface area contributed by atoms with Gasteiger partial charge in [0.25, 0.3) is 0 Å². The zero-order valence-electron chi connectivity index (χ0n) is 9.75. The van der Waals surface area contributed by atoms with Crippen LogP contribution in [-0.2, 0) is 0 Å². The number of hydrogen-bond donors (Lipinski definition) is 1. The number of hydrogen-bond acceptors (Lipinski definition) is 1. The monoisotopic (exact) mass is 311 g/mol. The van der Waals surface area contributed by atoms with Gasteiger partial charge < -0.3 is 5.73 Å². The predicted molar refractivity (Wildman–Crippen MR) is 71.3 cm³/mol. The summed E-state index contributed by atoms with van der Waals surface area (Å²) in [6, 6.07) is 8.66. The van der Waals surface area contributed by atoms with Crippen molar-refractivity contribution in [3.8, 4) is 0 Å². The van der Waals surface area contributed by atoms with Gasteiger partial charge in [0.05, 0.1) is 6.04 Å². The lowest BCUT2D eigenvalue weighted by atomic mass is 9.98. The Kier molecular flexibility index (Phi) is 3.78. The summed E-state index contributed by atoms with van der Waals surface area (Å²) in [6.45, 7) is 1.69. The van der Waals surface area contributed by atoms with Gasteiger partial charge in [-0.3, -0.25) is 0 Å². The molecule has 2 N–H and O–H groups in total. The van der Waals surface area contributed by atoms with E-state index in [0.29, 0.717) is 15.6 Å². The van der Waals surface area contributed by atoms with Gasteiger partial charge in [0, 0.05) is 4.47 Å². The molecular weight excluding hydrogens is 300 g/mol. The summed E-state index contributed by atoms with van der Waals surface area (Å²) in [4.78, 5) is 0. The average Bonchev–Trinajstić information content (AvgIpc) is 2.32. The molecule has 0 saturated carbocycles. The van der Waals surface area contributed by atoms with E-state index in [2.05, 4.69) is 15.9 Å². The van der Waals surface area contributed by atoms with Crippen molar-refractivity contribution < 1.29 is 8.78 Å². The molecule has 1 atom stereocenters. The van der Waals surface area contributed by atoms with Gasteiger partial charge in [-0.05, 0) is 41.8 Å². The van der Waals surface area contributed by atoms with Gasteiger partial charge in [-0.2, -0.15) is 0 Å². The molecule has 1 unspecified atom stereocenters. The van der Waals surface area contributed by atoms with E-state index in [1.165, 1.54) is 18.2 Å². The minimum Gasteiger partial charge on any atom is -0.320 e. The second-order valence-electron chi connectivity index (χ2n) is 4.15. The van der Waals surface area contributed by atoms with E-state index in [9.17, 15) is 8.78 Å². The van der Waals surface area contributed by atoms with E-state index in [1.807, 2.05) is 0 Å². The fourth-order valence-corrected chi connectivity index (χ4v) is 2.33. The highest BCUT2D eigenvalue weighted by molar-refractivity contribution is 9.10. The van der Waals surface area contributed by atoms with Crippen molar-refractivity contribution in [3.63, 3.8) is 0 Å². The first-order chi connectivity index (χ1) is 8.49. The van der Waals surface area contributed by atoms with Crippen LogP contribution in [0.1, 0.15) is 22.7 Å². The molecule has 0 aliphatic heterocycles. The number of aryl methyl sites for hydroxylation is 1. The van der Waals surface area contributed by atoms with Gasteiger partial charge in [0.1, 0.15) is 11.6 Å². The standard InChI is InChI=1S/C14H12BrF2N/c1-8-2-3-9(6-13(8)17)14(18)11-5-4-10(16)7-12(11)15/h2-7,14H,18H2,1H3. The van der Waals surface area contributed by atoms with Crippen LogP contribution in [0.5, 0.6) is 0 Å². The van der Waals surface area contributed by atoms with Gasteiger partial charge in [0.2, 0.25) is 0 Å². The van der Waals surface area contributed by atoms with Gasteiger partial charge in [-0.1, -0.05) is 34.1 Å². The summed E-state index contributed by atoms with van der Waals surface area (Å²) < 4.78 is 27.1. The second kappa shape index (κ2) is 5.16. The molecule has 0 saturated heterocycles. The minimum atomic E-state index is -0.491. The van der Waals surface area contributed by atoms with E-state index in [-0.39, 0.29) is 11.6 Å². The maximum Gasteiger partial charge on any atom is 0.126 e. The molecule has 0 radical (unpaired) electrons. The van der Waals surface area contributed by atoms with Crippen molar-refractivity contribution in [1.82, 2.24) is 0 Å². The molecule has 94 valence electrons. The Hall–Kier alpha value is -1.26. The van der Waals surface area contributed by atoms with Crippen molar-refractivity contribution in [3.05, 3.63) is 69.2 Å². The highest BCUT2D eigenvalue weighted by Gasteiger charge is 2.14. The second-order valence-corrected chi connectivity index (χ2v) is 5.01. The molecule has 2 rings (SSSR count). The average molecular weight is 312 g/mol. The first-order valence-electron chi connectivity index (χ1n) is 5.45. The van der Waals surface area contributed by atoms with E-state index in [4.69, 9.17) is 5.73 Å². The van der Waals surface area contributed by atoms with Crippen molar-refractivity contribution in [1.29, 1.82) is 0 Å². The maximum absolute atomic E-state index is 13.5. The lowest BCUT2D eigenvalue weighted by Crippen LogP contribution is -2.13. The molecule has 0 heterocycles. The highest BCUT2D eigenvalue weighted by Crippen LogP contribution is 2.28. The van der Waals surface area contributed by atoms with Crippen LogP contribution < -0.4 is 5.73 Å². The molecular formula is C14H12BrF2N. The van der Waals surface area contributed by atoms with Crippen LogP contribution in [0.2, 0.25) is 0 Å². The van der Waals surface area contributed by atoms with Gasteiger partial charge in [-0.25, -0.2) is 8.78 Å². The van der Waals surface area contributed by atoms with Crippen molar-refractivity contribution in [2.45, 2.75) is 13.0 Å². The number of halogens is 3. The van der Waals surface area contributed by atoms with Gasteiger partial charge >= 0.3 is 0 Å². The first kappa shape index (κ1) is 13.2. The van der Waals surface area contributed by atoms with E-state index in [0.717, 1.165) is 5.56 Å². The summed E-state index contributed by atoms with van der Waals surface area (Å²) in [7, 11) is 0. The van der Waals surface area contributed by atoms with Crippen molar-refractivity contribution >= 4 is 15.9 Å². The van der Waals surface area contributed by atoms with Crippen LogP contribution in [0, 0.1) is 18.6 Å². The molecule has 2 aromatic carbocycles. The van der Waals surface area contributed by atoms with E-state index >= 15 is 0 Å². The molecule has 0 aliphatic carbocycles. The summed E-state index contributed by atoms with van der Waals surface area (Å²) in [5.74, 6) is -0.630. The van der Waals surface area contributed by atoms with Crippen molar-refractivity contribution in [2.75, 3.05) is 0 Å². The molecule has 1 nitrogen and oxygen atoms in total. The zero-order valence-corrected chi connectivity index (χ0v) is 11.3. The lowest BCUT2D eigenvalue weighted by Gasteiger charge is -2.15. The normalized spacial score (nSPS) is 12.5. The Morgan fingerprint density at radius 2 is 1.83 bits per heavy atom. The SMILES string of the molecule is Cc1ccc(C(N)c2ccc(F)cc2Br)cc1F. The third-order valence-electron chi connectivity index (χ3n) is 2.85. The molecule has 2 aromatic rings. The lowest BCUT2D eigenvalue weighted by molar-refractivity contribution is 0.613. The van der Waals surface area contributed by atoms with Crippen LogP contribution in [0.25, 0.3) is 0 Å². The Morgan fingerprint density at radius 3 is 2.44 bits per heavy atom. The molecule has 4 heteroatoms. The van der Waals surface area contributed by atoms with Crippen LogP contribution in [0.3, 0.4) is 0 Å². The largest absolute Gasteiger partial charge is 0.320 e. The molecule has 0 amide bonds. The summed E-state index contributed by atoms with van der Waals surface area (Å²) >= 11 is 3.26. The minimum absolute atomic E-state index is 0.291. The third-order valence-corrected chi connectivity index (χ3v) is 3.54. The number of rotatable bonds is 2. The Balaban J connectivity index is 2.41. The van der Waals surface area contributed by atoms with Gasteiger partial charge in [-0.15, -0.1) is 0 Å². The molecule has 0 aromatic heterocycles. The third kappa shape index (κ3) is 2.60. The van der Waals surface area contributed by atoms with Gasteiger partial charge in [0.15, 0.2) is 0 Å².